The Kier molecular flexibility index (Phi) is 12.2. The molecule has 2 N–H and O–H groups in total. The number of aliphatic hydroxyl groups is 2. The van der Waals surface area contributed by atoms with E-state index in [0.29, 0.717) is 13.0 Å². The van der Waals surface area contributed by atoms with Crippen LogP contribution in [0.1, 0.15) is 110 Å². The van der Waals surface area contributed by atoms with Crippen molar-refractivity contribution in [3.05, 3.63) is 0 Å². The van der Waals surface area contributed by atoms with E-state index in [9.17, 15) is 15.0 Å². The van der Waals surface area contributed by atoms with Gasteiger partial charge in [-0.05, 0) is 25.8 Å². The van der Waals surface area contributed by atoms with Crippen molar-refractivity contribution in [2.45, 2.75) is 134 Å². The van der Waals surface area contributed by atoms with E-state index < -0.39 is 12.2 Å². The average Bonchev–Trinajstić information content (AvgIpc) is 3.00. The second-order valence-corrected chi connectivity index (χ2v) is 9.21. The molecule has 5 nitrogen and oxygen atoms in total. The Balaban J connectivity index is 1.43. The summed E-state index contributed by atoms with van der Waals surface area (Å²) in [6, 6.07) is -0.227. The molecule has 5 heteroatoms. The van der Waals surface area contributed by atoms with Crippen LogP contribution in [-0.2, 0) is 9.53 Å². The number of ether oxygens (including phenoxy) is 1. The fourth-order valence-electron chi connectivity index (χ4n) is 4.92. The van der Waals surface area contributed by atoms with Crippen LogP contribution in [0, 0.1) is 0 Å². The maximum atomic E-state index is 12.2. The van der Waals surface area contributed by atoms with Crippen molar-refractivity contribution in [3.8, 4) is 0 Å². The zero-order valence-electron chi connectivity index (χ0n) is 18.7. The summed E-state index contributed by atoms with van der Waals surface area (Å²) in [4.78, 5) is 14.3. The van der Waals surface area contributed by atoms with Gasteiger partial charge in [-0.3, -0.25) is 9.69 Å². The highest BCUT2D eigenvalue weighted by Crippen LogP contribution is 2.30. The van der Waals surface area contributed by atoms with Crippen molar-refractivity contribution in [2.24, 2.45) is 0 Å². The van der Waals surface area contributed by atoms with E-state index in [2.05, 4.69) is 11.8 Å². The highest BCUT2D eigenvalue weighted by Gasteiger charge is 2.47. The summed E-state index contributed by atoms with van der Waals surface area (Å²) in [5.41, 5.74) is 0. The van der Waals surface area contributed by atoms with Gasteiger partial charge in [0.1, 0.15) is 12.2 Å². The van der Waals surface area contributed by atoms with Crippen molar-refractivity contribution >= 4 is 5.97 Å². The Morgan fingerprint density at radius 1 is 0.897 bits per heavy atom. The van der Waals surface area contributed by atoms with Gasteiger partial charge < -0.3 is 14.9 Å². The molecule has 2 aliphatic heterocycles. The monoisotopic (exact) mass is 411 g/mol. The lowest BCUT2D eigenvalue weighted by Crippen LogP contribution is -2.50. The van der Waals surface area contributed by atoms with Crippen LogP contribution >= 0.6 is 0 Å². The topological polar surface area (TPSA) is 70.0 Å². The Morgan fingerprint density at radius 2 is 1.45 bits per heavy atom. The van der Waals surface area contributed by atoms with E-state index in [1.165, 1.54) is 70.6 Å². The maximum absolute atomic E-state index is 12.2. The van der Waals surface area contributed by atoms with E-state index in [0.717, 1.165) is 32.2 Å². The second kappa shape index (κ2) is 14.4. The number of fused-ring (bicyclic) bond motifs is 1. The van der Waals surface area contributed by atoms with Gasteiger partial charge in [-0.25, -0.2) is 0 Å². The Hall–Kier alpha value is -0.650. The van der Waals surface area contributed by atoms with E-state index in [-0.39, 0.29) is 18.1 Å². The Bertz CT molecular complexity index is 445. The largest absolute Gasteiger partial charge is 0.461 e. The van der Waals surface area contributed by atoms with Crippen LogP contribution in [-0.4, -0.2) is 58.5 Å². The predicted molar refractivity (Wildman–Crippen MR) is 117 cm³/mol. The number of aliphatic hydroxyl groups excluding tert-OH is 2. The fraction of sp³-hybridized carbons (Fsp3) is 0.958. The third-order valence-corrected chi connectivity index (χ3v) is 6.67. The van der Waals surface area contributed by atoms with Crippen LogP contribution in [0.15, 0.2) is 0 Å². The predicted octanol–water partition coefficient (Wildman–Crippen LogP) is 4.58. The van der Waals surface area contributed by atoms with Gasteiger partial charge in [0.25, 0.3) is 0 Å². The molecule has 4 atom stereocenters. The average molecular weight is 412 g/mol. The molecule has 0 aromatic carbocycles. The lowest BCUT2D eigenvalue weighted by molar-refractivity contribution is -0.157. The first-order valence-corrected chi connectivity index (χ1v) is 12.4. The zero-order chi connectivity index (χ0) is 20.9. The number of hydrogen-bond acceptors (Lipinski definition) is 5. The maximum Gasteiger partial charge on any atom is 0.306 e. The summed E-state index contributed by atoms with van der Waals surface area (Å²) in [6.45, 7) is 3.62. The van der Waals surface area contributed by atoms with Gasteiger partial charge in [0.2, 0.25) is 0 Å². The molecule has 0 aromatic heterocycles. The number of piperidine rings is 1. The van der Waals surface area contributed by atoms with Gasteiger partial charge >= 0.3 is 5.97 Å². The summed E-state index contributed by atoms with van der Waals surface area (Å²) in [6.07, 6.45) is 17.2. The summed E-state index contributed by atoms with van der Waals surface area (Å²) >= 11 is 0. The first-order valence-electron chi connectivity index (χ1n) is 12.4. The normalized spacial score (nSPS) is 27.1. The number of rotatable bonds is 15. The van der Waals surface area contributed by atoms with Crippen LogP contribution in [0.25, 0.3) is 0 Å². The quantitative estimate of drug-likeness (QED) is 0.305. The molecule has 0 aromatic rings. The second-order valence-electron chi connectivity index (χ2n) is 9.21. The van der Waals surface area contributed by atoms with Crippen molar-refractivity contribution < 1.29 is 19.7 Å². The molecule has 2 rings (SSSR count). The first kappa shape index (κ1) is 24.6. The van der Waals surface area contributed by atoms with Crippen molar-refractivity contribution in [1.82, 2.24) is 4.90 Å². The first-order chi connectivity index (χ1) is 14.1. The van der Waals surface area contributed by atoms with Crippen molar-refractivity contribution in [1.29, 1.82) is 0 Å². The van der Waals surface area contributed by atoms with E-state index in [4.69, 9.17) is 4.74 Å². The lowest BCUT2D eigenvalue weighted by atomic mass is 9.96. The highest BCUT2D eigenvalue weighted by molar-refractivity contribution is 5.69. The molecule has 2 fully saturated rings. The molecule has 0 unspecified atom stereocenters. The van der Waals surface area contributed by atoms with Gasteiger partial charge in [-0.1, -0.05) is 84.0 Å². The minimum atomic E-state index is -0.801. The van der Waals surface area contributed by atoms with Crippen LogP contribution in [0.4, 0.5) is 0 Å². The molecule has 2 aliphatic rings. The van der Waals surface area contributed by atoms with Gasteiger partial charge in [-0.2, -0.15) is 0 Å². The number of carbonyl (C=O) groups excluding carboxylic acids is 1. The fourth-order valence-corrected chi connectivity index (χ4v) is 4.92. The molecule has 2 saturated heterocycles. The third-order valence-electron chi connectivity index (χ3n) is 6.67. The van der Waals surface area contributed by atoms with E-state index >= 15 is 0 Å². The van der Waals surface area contributed by atoms with Gasteiger partial charge in [0, 0.05) is 13.0 Å². The Morgan fingerprint density at radius 3 is 2.03 bits per heavy atom. The van der Waals surface area contributed by atoms with Gasteiger partial charge in [0.05, 0.1) is 12.1 Å². The number of esters is 1. The molecular weight excluding hydrogens is 366 g/mol. The number of carbonyl (C=O) groups is 1. The molecule has 0 saturated carbocycles. The van der Waals surface area contributed by atoms with E-state index in [1.807, 2.05) is 0 Å². The molecule has 29 heavy (non-hydrogen) atoms. The summed E-state index contributed by atoms with van der Waals surface area (Å²) in [5, 5.41) is 20.1. The summed E-state index contributed by atoms with van der Waals surface area (Å²) in [5.74, 6) is -0.145. The summed E-state index contributed by atoms with van der Waals surface area (Å²) in [7, 11) is 0. The minimum absolute atomic E-state index is 0.145. The highest BCUT2D eigenvalue weighted by atomic mass is 16.5. The van der Waals surface area contributed by atoms with E-state index in [1.54, 1.807) is 0 Å². The standard InChI is InChI=1S/C24H45NO4/c1-2-3-4-5-6-7-8-9-10-11-12-13-14-17-22(27)29-21-16-15-18-25-19-20(26)24(28)23(21)25/h20-21,23-24,26,28H,2-19H2,1H3/t20-,21-,23-,24-/m1/s1. The SMILES string of the molecule is CCCCCCCCCCCCCCCC(=O)O[C@@H]1CCCN2C[C@@H](O)[C@@H](O)[C@@H]12. The third kappa shape index (κ3) is 8.94. The molecule has 170 valence electrons. The molecule has 0 aliphatic carbocycles. The Labute approximate surface area is 178 Å². The smallest absolute Gasteiger partial charge is 0.306 e. The van der Waals surface area contributed by atoms with Crippen LogP contribution in [0.3, 0.4) is 0 Å². The van der Waals surface area contributed by atoms with Crippen LogP contribution in [0.5, 0.6) is 0 Å². The van der Waals surface area contributed by atoms with Gasteiger partial charge in [0.15, 0.2) is 0 Å². The minimum Gasteiger partial charge on any atom is -0.461 e. The van der Waals surface area contributed by atoms with Crippen LogP contribution < -0.4 is 0 Å². The molecule has 0 radical (unpaired) electrons. The molecule has 0 spiro atoms. The summed E-state index contributed by atoms with van der Waals surface area (Å²) < 4.78 is 5.68. The number of nitrogens with zero attached hydrogens (tertiary/aromatic N) is 1. The van der Waals surface area contributed by atoms with Crippen molar-refractivity contribution in [3.63, 3.8) is 0 Å². The van der Waals surface area contributed by atoms with Gasteiger partial charge in [-0.15, -0.1) is 0 Å². The molecule has 2 heterocycles. The van der Waals surface area contributed by atoms with Crippen LogP contribution in [0.2, 0.25) is 0 Å². The number of unbranched alkanes of at least 4 members (excludes halogenated alkanes) is 12. The molecule has 0 amide bonds. The van der Waals surface area contributed by atoms with Crippen molar-refractivity contribution in [2.75, 3.05) is 13.1 Å². The molecular formula is C24H45NO4. The number of hydrogen-bond donors (Lipinski definition) is 2. The lowest BCUT2D eigenvalue weighted by Gasteiger charge is -2.37. The molecule has 0 bridgehead atoms. The zero-order valence-corrected chi connectivity index (χ0v) is 18.7.